The van der Waals surface area contributed by atoms with Crippen LogP contribution in [0.25, 0.3) is 22.2 Å². The maximum absolute atomic E-state index is 13.0. The first-order valence-corrected chi connectivity index (χ1v) is 9.55. The Morgan fingerprint density at radius 3 is 2.74 bits per heavy atom. The van der Waals surface area contributed by atoms with Crippen molar-refractivity contribution in [2.75, 3.05) is 5.32 Å². The highest BCUT2D eigenvalue weighted by Gasteiger charge is 2.16. The van der Waals surface area contributed by atoms with E-state index in [9.17, 15) is 4.79 Å². The van der Waals surface area contributed by atoms with E-state index >= 15 is 0 Å². The van der Waals surface area contributed by atoms with Gasteiger partial charge in [-0.3, -0.25) is 14.8 Å². The Bertz CT molecular complexity index is 1120. The fraction of sp³-hybridized carbons (Fsp3) is 0.200. The van der Waals surface area contributed by atoms with E-state index < -0.39 is 0 Å². The largest absolute Gasteiger partial charge is 0.298 e. The number of nitrogens with one attached hydrogen (secondary N) is 1. The summed E-state index contributed by atoms with van der Waals surface area (Å²) in [7, 11) is 0. The summed E-state index contributed by atoms with van der Waals surface area (Å²) in [5.41, 5.74) is 3.89. The number of amides is 1. The lowest BCUT2D eigenvalue weighted by Gasteiger charge is -2.08. The van der Waals surface area contributed by atoms with E-state index in [4.69, 9.17) is 4.98 Å². The van der Waals surface area contributed by atoms with Gasteiger partial charge in [0, 0.05) is 28.6 Å². The molecule has 0 unspecified atom stereocenters. The van der Waals surface area contributed by atoms with Gasteiger partial charge in [-0.1, -0.05) is 18.2 Å². The van der Waals surface area contributed by atoms with Crippen molar-refractivity contribution < 1.29 is 4.79 Å². The molecule has 4 rings (SSSR count). The number of aromatic nitrogens is 4. The van der Waals surface area contributed by atoms with E-state index in [1.165, 1.54) is 11.3 Å². The van der Waals surface area contributed by atoms with Crippen molar-refractivity contribution >= 4 is 33.3 Å². The third kappa shape index (κ3) is 3.33. The van der Waals surface area contributed by atoms with Crippen LogP contribution in [0.2, 0.25) is 0 Å². The molecule has 0 fully saturated rings. The van der Waals surface area contributed by atoms with Crippen LogP contribution in [-0.2, 0) is 6.54 Å². The molecule has 1 amide bonds. The number of pyridine rings is 1. The zero-order valence-corrected chi connectivity index (χ0v) is 16.2. The maximum atomic E-state index is 13.0. The molecule has 0 aliphatic heterocycles. The minimum absolute atomic E-state index is 0.188. The summed E-state index contributed by atoms with van der Waals surface area (Å²) >= 11 is 1.48. The minimum atomic E-state index is -0.188. The van der Waals surface area contributed by atoms with Gasteiger partial charge in [-0.25, -0.2) is 9.97 Å². The fourth-order valence-corrected chi connectivity index (χ4v) is 3.68. The van der Waals surface area contributed by atoms with Crippen molar-refractivity contribution in [3.8, 4) is 11.3 Å². The molecule has 1 aromatic carbocycles. The monoisotopic (exact) mass is 377 g/mol. The first kappa shape index (κ1) is 17.4. The molecule has 0 radical (unpaired) electrons. The number of hydrogen-bond donors (Lipinski definition) is 1. The van der Waals surface area contributed by atoms with Crippen molar-refractivity contribution in [2.24, 2.45) is 0 Å². The number of thiazole rings is 1. The van der Waals surface area contributed by atoms with Crippen molar-refractivity contribution in [1.82, 2.24) is 19.7 Å². The van der Waals surface area contributed by atoms with Gasteiger partial charge in [-0.2, -0.15) is 5.10 Å². The van der Waals surface area contributed by atoms with Crippen LogP contribution in [0.3, 0.4) is 0 Å². The van der Waals surface area contributed by atoms with Gasteiger partial charge in [0.05, 0.1) is 28.7 Å². The summed E-state index contributed by atoms with van der Waals surface area (Å²) in [5.74, 6) is -0.188. The van der Waals surface area contributed by atoms with Crippen molar-refractivity contribution in [3.05, 3.63) is 58.9 Å². The number of hydrogen-bond acceptors (Lipinski definition) is 5. The topological polar surface area (TPSA) is 72.7 Å². The summed E-state index contributed by atoms with van der Waals surface area (Å²) < 4.78 is 1.84. The van der Waals surface area contributed by atoms with Crippen LogP contribution >= 0.6 is 11.3 Å². The highest BCUT2D eigenvalue weighted by Crippen LogP contribution is 2.27. The van der Waals surface area contributed by atoms with Crippen molar-refractivity contribution in [2.45, 2.75) is 27.3 Å². The van der Waals surface area contributed by atoms with Crippen LogP contribution in [0.1, 0.15) is 27.9 Å². The lowest BCUT2D eigenvalue weighted by atomic mass is 10.1. The molecule has 136 valence electrons. The van der Waals surface area contributed by atoms with Crippen LogP contribution in [0.5, 0.6) is 0 Å². The summed E-state index contributed by atoms with van der Waals surface area (Å²) in [4.78, 5) is 23.2. The molecule has 0 saturated carbocycles. The first-order valence-electron chi connectivity index (χ1n) is 8.73. The van der Waals surface area contributed by atoms with Gasteiger partial charge in [0.15, 0.2) is 5.13 Å². The molecule has 0 saturated heterocycles. The molecule has 3 heterocycles. The number of aryl methyl sites for hydroxylation is 3. The van der Waals surface area contributed by atoms with E-state index in [1.807, 2.05) is 62.0 Å². The molecular formula is C20H19N5OS. The predicted molar refractivity (Wildman–Crippen MR) is 108 cm³/mol. The van der Waals surface area contributed by atoms with Crippen LogP contribution in [0.15, 0.2) is 42.7 Å². The quantitative estimate of drug-likeness (QED) is 0.570. The number of rotatable bonds is 4. The zero-order valence-electron chi connectivity index (χ0n) is 15.4. The first-order chi connectivity index (χ1) is 13.0. The minimum Gasteiger partial charge on any atom is -0.298 e. The summed E-state index contributed by atoms with van der Waals surface area (Å²) in [6, 6.07) is 9.48. The smallest absolute Gasteiger partial charge is 0.258 e. The van der Waals surface area contributed by atoms with E-state index in [2.05, 4.69) is 15.4 Å². The average Bonchev–Trinajstić information content (AvgIpc) is 3.27. The standard InChI is InChI=1S/C20H19N5OS/c1-4-25-11-14(10-21-25)18-9-16(15-7-5-6-8-17(15)23-18)19(26)24-20-22-12(2)13(3)27-20/h5-11H,4H2,1-3H3,(H,22,24,26). The Labute approximate surface area is 160 Å². The number of carbonyl (C=O) groups is 1. The molecule has 7 heteroatoms. The van der Waals surface area contributed by atoms with Crippen LogP contribution in [-0.4, -0.2) is 25.7 Å². The van der Waals surface area contributed by atoms with Crippen LogP contribution < -0.4 is 5.32 Å². The van der Waals surface area contributed by atoms with Crippen LogP contribution in [0.4, 0.5) is 5.13 Å². The summed E-state index contributed by atoms with van der Waals surface area (Å²) in [6.07, 6.45) is 3.71. The molecule has 27 heavy (non-hydrogen) atoms. The van der Waals surface area contributed by atoms with Gasteiger partial charge in [-0.05, 0) is 32.9 Å². The second kappa shape index (κ2) is 6.92. The molecule has 4 aromatic rings. The number of nitrogens with zero attached hydrogens (tertiary/aromatic N) is 4. The maximum Gasteiger partial charge on any atom is 0.258 e. The summed E-state index contributed by atoms with van der Waals surface area (Å²) in [5, 5.41) is 8.66. The number of para-hydroxylation sites is 1. The van der Waals surface area contributed by atoms with Gasteiger partial charge in [0.25, 0.3) is 5.91 Å². The number of benzene rings is 1. The zero-order chi connectivity index (χ0) is 19.0. The molecule has 0 aliphatic carbocycles. The highest BCUT2D eigenvalue weighted by atomic mass is 32.1. The molecule has 6 nitrogen and oxygen atoms in total. The Hall–Kier alpha value is -3.06. The average molecular weight is 377 g/mol. The molecule has 0 aliphatic rings. The SMILES string of the molecule is CCn1cc(-c2cc(C(=O)Nc3nc(C)c(C)s3)c3ccccc3n2)cn1. The number of carbonyl (C=O) groups excluding carboxylic acids is 1. The molecule has 0 atom stereocenters. The van der Waals surface area contributed by atoms with Gasteiger partial charge >= 0.3 is 0 Å². The number of fused-ring (bicyclic) bond motifs is 1. The second-order valence-corrected chi connectivity index (χ2v) is 7.47. The van der Waals surface area contributed by atoms with E-state index in [0.29, 0.717) is 10.7 Å². The van der Waals surface area contributed by atoms with E-state index in [0.717, 1.165) is 39.3 Å². The Morgan fingerprint density at radius 2 is 2.04 bits per heavy atom. The Morgan fingerprint density at radius 1 is 1.22 bits per heavy atom. The predicted octanol–water partition coefficient (Wildman–Crippen LogP) is 4.44. The third-order valence-corrected chi connectivity index (χ3v) is 5.45. The highest BCUT2D eigenvalue weighted by molar-refractivity contribution is 7.15. The Kier molecular flexibility index (Phi) is 4.45. The van der Waals surface area contributed by atoms with Crippen LogP contribution in [0, 0.1) is 13.8 Å². The normalized spacial score (nSPS) is 11.1. The Balaban J connectivity index is 1.79. The molecule has 3 aromatic heterocycles. The molecular weight excluding hydrogens is 358 g/mol. The fourth-order valence-electron chi connectivity index (χ4n) is 2.87. The third-order valence-electron chi connectivity index (χ3n) is 4.46. The lowest BCUT2D eigenvalue weighted by molar-refractivity contribution is 0.102. The summed E-state index contributed by atoms with van der Waals surface area (Å²) in [6.45, 7) is 6.74. The second-order valence-electron chi connectivity index (χ2n) is 6.27. The number of anilines is 1. The molecule has 0 spiro atoms. The lowest BCUT2D eigenvalue weighted by Crippen LogP contribution is -2.13. The molecule has 1 N–H and O–H groups in total. The van der Waals surface area contributed by atoms with E-state index in [-0.39, 0.29) is 5.91 Å². The van der Waals surface area contributed by atoms with Gasteiger partial charge in [0.2, 0.25) is 0 Å². The van der Waals surface area contributed by atoms with Crippen molar-refractivity contribution in [3.63, 3.8) is 0 Å². The van der Waals surface area contributed by atoms with E-state index in [1.54, 1.807) is 6.20 Å². The molecule has 0 bridgehead atoms. The van der Waals surface area contributed by atoms with Gasteiger partial charge in [0.1, 0.15) is 0 Å². The van der Waals surface area contributed by atoms with Gasteiger partial charge < -0.3 is 0 Å². The van der Waals surface area contributed by atoms with Gasteiger partial charge in [-0.15, -0.1) is 11.3 Å². The van der Waals surface area contributed by atoms with Crippen molar-refractivity contribution in [1.29, 1.82) is 0 Å².